The maximum atomic E-state index is 10.0. The smallest absolute Gasteiger partial charge is 0.150 e. The van der Waals surface area contributed by atoms with Gasteiger partial charge in [0.25, 0.3) is 0 Å². The van der Waals surface area contributed by atoms with Gasteiger partial charge in [-0.2, -0.15) is 0 Å². The number of carbonyl (C=O) groups is 2. The molecule has 2 radical (unpaired) electrons. The van der Waals surface area contributed by atoms with E-state index in [1.165, 1.54) is 6.42 Å². The molecule has 2 rings (SSSR count). The zero-order valence-electron chi connectivity index (χ0n) is 15.6. The molecule has 0 saturated carbocycles. The normalized spacial score (nSPS) is 6.67. The van der Waals surface area contributed by atoms with Gasteiger partial charge in [-0.25, -0.2) is 0 Å². The van der Waals surface area contributed by atoms with Crippen LogP contribution in [-0.2, 0) is 65.4 Å². The molecule has 0 fully saturated rings. The third kappa shape index (κ3) is 24.2. The molecular weight excluding hydrogens is 450 g/mol. The van der Waals surface area contributed by atoms with Crippen molar-refractivity contribution in [1.82, 2.24) is 0 Å². The van der Waals surface area contributed by atoms with Crippen LogP contribution in [0.25, 0.3) is 0 Å². The van der Waals surface area contributed by atoms with Crippen molar-refractivity contribution in [3.63, 3.8) is 0 Å². The Bertz CT molecular complexity index is 402. The third-order valence-electron chi connectivity index (χ3n) is 1.87. The van der Waals surface area contributed by atoms with Crippen molar-refractivity contribution in [2.45, 2.75) is 34.1 Å². The number of aldehydes is 2. The van der Waals surface area contributed by atoms with Crippen molar-refractivity contribution in [2.24, 2.45) is 0 Å². The second-order valence-electron chi connectivity index (χ2n) is 3.76. The van der Waals surface area contributed by atoms with Gasteiger partial charge in [0, 0.05) is 76.5 Å². The van der Waals surface area contributed by atoms with Crippen LogP contribution in [0.2, 0.25) is 0 Å². The fourth-order valence-electron chi connectivity index (χ4n) is 1.06. The van der Waals surface area contributed by atoms with E-state index in [2.05, 4.69) is 13.8 Å². The van der Waals surface area contributed by atoms with E-state index in [1.807, 2.05) is 50.2 Å². The predicted molar refractivity (Wildman–Crippen MR) is 97.4 cm³/mol. The van der Waals surface area contributed by atoms with E-state index in [0.717, 1.165) is 23.7 Å². The van der Waals surface area contributed by atoms with Crippen LogP contribution >= 0.6 is 0 Å². The Morgan fingerprint density at radius 3 is 1.00 bits per heavy atom. The summed E-state index contributed by atoms with van der Waals surface area (Å²) >= 11 is 0. The van der Waals surface area contributed by atoms with Crippen LogP contribution in [0.15, 0.2) is 60.7 Å². The first-order valence-corrected chi connectivity index (χ1v) is 7.28. The fourth-order valence-corrected chi connectivity index (χ4v) is 1.06. The molecule has 0 aromatic heterocycles. The van der Waals surface area contributed by atoms with Crippen molar-refractivity contribution in [3.05, 3.63) is 79.2 Å². The van der Waals surface area contributed by atoms with E-state index in [1.54, 1.807) is 24.3 Å². The quantitative estimate of drug-likeness (QED) is 0.398. The topological polar surface area (TPSA) is 34.1 Å². The van der Waals surface area contributed by atoms with Crippen LogP contribution in [0.5, 0.6) is 0 Å². The molecule has 2 aromatic rings. The fraction of sp³-hybridized carbons (Fsp3) is 0.250. The van der Waals surface area contributed by atoms with Crippen LogP contribution in [-0.4, -0.2) is 12.6 Å². The van der Waals surface area contributed by atoms with Crippen LogP contribution in [0, 0.1) is 7.43 Å². The molecular formula is C20H29O2Y2-. The van der Waals surface area contributed by atoms with Crippen LogP contribution in [0.3, 0.4) is 0 Å². The number of benzene rings is 2. The molecule has 0 amide bonds. The third-order valence-corrected chi connectivity index (χ3v) is 1.87. The Kier molecular flexibility index (Phi) is 45.2. The number of hydrogen-bond donors (Lipinski definition) is 0. The van der Waals surface area contributed by atoms with Crippen molar-refractivity contribution in [2.75, 3.05) is 0 Å². The molecule has 0 aliphatic carbocycles. The summed E-state index contributed by atoms with van der Waals surface area (Å²) in [6, 6.07) is 18.2. The standard InChI is InChI=1S/2C7H6O.C3H8.C2H6.CH3.2Y/c2*8-6-7-4-2-1-3-5-7;1-3-2;1-2;;;/h2*1-6H;3H2,1-2H3;1-2H3;1H3;;/q;;;;-1;;. The van der Waals surface area contributed by atoms with Gasteiger partial charge in [0.2, 0.25) is 0 Å². The first kappa shape index (κ1) is 35.2. The second-order valence-corrected chi connectivity index (χ2v) is 3.76. The minimum Gasteiger partial charge on any atom is -0.358 e. The monoisotopic (exact) mass is 479 g/mol. The molecule has 0 N–H and O–H groups in total. The van der Waals surface area contributed by atoms with Gasteiger partial charge in [0.15, 0.2) is 0 Å². The van der Waals surface area contributed by atoms with Gasteiger partial charge in [-0.1, -0.05) is 94.8 Å². The van der Waals surface area contributed by atoms with Crippen LogP contribution in [0.4, 0.5) is 0 Å². The molecule has 0 aliphatic heterocycles. The molecule has 128 valence electrons. The zero-order valence-corrected chi connectivity index (χ0v) is 21.3. The van der Waals surface area contributed by atoms with Crippen molar-refractivity contribution in [3.8, 4) is 0 Å². The summed E-state index contributed by atoms with van der Waals surface area (Å²) in [7, 11) is 0. The van der Waals surface area contributed by atoms with Gasteiger partial charge in [-0.15, -0.1) is 0 Å². The summed E-state index contributed by atoms with van der Waals surface area (Å²) in [5.74, 6) is 0. The second kappa shape index (κ2) is 30.8. The maximum absolute atomic E-state index is 10.0. The summed E-state index contributed by atoms with van der Waals surface area (Å²) < 4.78 is 0. The van der Waals surface area contributed by atoms with E-state index < -0.39 is 0 Å². The van der Waals surface area contributed by atoms with Gasteiger partial charge in [-0.3, -0.25) is 9.59 Å². The summed E-state index contributed by atoms with van der Waals surface area (Å²) in [6.45, 7) is 8.25. The Balaban J connectivity index is -0.0000000722. The Hall–Kier alpha value is -0.0122. The average molecular weight is 479 g/mol. The molecule has 2 aromatic carbocycles. The van der Waals surface area contributed by atoms with Crippen molar-refractivity contribution >= 4 is 12.6 Å². The Morgan fingerprint density at radius 1 is 0.667 bits per heavy atom. The van der Waals surface area contributed by atoms with Gasteiger partial charge in [-0.05, 0) is 0 Å². The summed E-state index contributed by atoms with van der Waals surface area (Å²) in [6.07, 6.45) is 2.92. The molecule has 2 nitrogen and oxygen atoms in total. The number of carbonyl (C=O) groups excluding carboxylic acids is 2. The largest absolute Gasteiger partial charge is 0.358 e. The van der Waals surface area contributed by atoms with Crippen LogP contribution in [0.1, 0.15) is 54.8 Å². The van der Waals surface area contributed by atoms with E-state index >= 15 is 0 Å². The molecule has 0 atom stereocenters. The van der Waals surface area contributed by atoms with E-state index in [4.69, 9.17) is 0 Å². The maximum Gasteiger partial charge on any atom is 0.150 e. The Morgan fingerprint density at radius 2 is 0.875 bits per heavy atom. The molecule has 0 bridgehead atoms. The van der Waals surface area contributed by atoms with Crippen molar-refractivity contribution in [1.29, 1.82) is 0 Å². The minimum atomic E-state index is 0. The molecule has 0 aliphatic rings. The minimum absolute atomic E-state index is 0. The van der Waals surface area contributed by atoms with Gasteiger partial charge in [0.1, 0.15) is 12.6 Å². The van der Waals surface area contributed by atoms with Crippen LogP contribution < -0.4 is 0 Å². The summed E-state index contributed by atoms with van der Waals surface area (Å²) in [5.41, 5.74) is 1.46. The summed E-state index contributed by atoms with van der Waals surface area (Å²) in [5, 5.41) is 0. The Labute approximate surface area is 199 Å². The molecule has 0 unspecified atom stereocenters. The first-order chi connectivity index (χ1) is 10.3. The van der Waals surface area contributed by atoms with Gasteiger partial charge >= 0.3 is 0 Å². The molecule has 24 heavy (non-hydrogen) atoms. The molecule has 0 spiro atoms. The predicted octanol–water partition coefficient (Wildman–Crippen LogP) is 5.89. The van der Waals surface area contributed by atoms with Crippen molar-refractivity contribution < 1.29 is 75.0 Å². The molecule has 0 heterocycles. The van der Waals surface area contributed by atoms with E-state index in [0.29, 0.717) is 0 Å². The number of rotatable bonds is 2. The molecule has 4 heteroatoms. The van der Waals surface area contributed by atoms with Gasteiger partial charge in [0.05, 0.1) is 0 Å². The molecule has 0 saturated heterocycles. The van der Waals surface area contributed by atoms with E-state index in [-0.39, 0.29) is 72.8 Å². The number of hydrogen-bond acceptors (Lipinski definition) is 2. The van der Waals surface area contributed by atoms with E-state index in [9.17, 15) is 9.59 Å². The SMILES string of the molecule is CC.CCC.O=Cc1ccccc1.O=Cc1ccccc1.[CH3-].[Y].[Y]. The van der Waals surface area contributed by atoms with Gasteiger partial charge < -0.3 is 7.43 Å². The summed E-state index contributed by atoms with van der Waals surface area (Å²) in [4.78, 5) is 20.0. The first-order valence-electron chi connectivity index (χ1n) is 7.28. The zero-order chi connectivity index (χ0) is 16.3. The average Bonchev–Trinajstić information content (AvgIpc) is 2.59.